The number of aryl methyl sites for hydroxylation is 4. The number of thiazole rings is 1. The number of allylic oxidation sites excluding steroid dienone is 1. The number of nitrogens with two attached hydrogens (primary N) is 4. The zero-order valence-electron chi connectivity index (χ0n) is 79.7. The highest BCUT2D eigenvalue weighted by Gasteiger charge is 2.36. The number of carbonyl (C=O) groups is 4. The molecule has 0 bridgehead atoms. The van der Waals surface area contributed by atoms with Crippen LogP contribution in [0.25, 0.3) is 28.3 Å². The van der Waals surface area contributed by atoms with Crippen LogP contribution in [-0.4, -0.2) is 90.9 Å². The standard InChI is InChI=1S/C30H32N4O2.C30H30N4O.C28H29FN6O.C26H28N6OS/c1-21-17-28(34(33-21)27-12-5-7-23(18-27)20-31)29(35)32-26-11-6-10-25(19-26)30(36,16-15-22-13-14-22)24-8-3-2-4-9-24;1-21-17-29(34(33-21)27-12-5-7-23(18-27)20-31)30(35)32-26-11-6-10-25(19-26)28(16-15-22-13-14-22)24-8-3-2-4-9-24;1-18-12-26(35(34-18)23-6-2-4-20(13-23)15-30)28(36)33-25-14-21(9-10-24(25)29)27(32-16-19-7-8-19)22-5-3-11-31-17-22;1-17-12-23(32(31-17)22-7-2-4-19(13-22)15-27)25(33)30-21-6-3-5-20(14-21)24(26-28-10-11-34-26)29-16-18-8-9-18/h2-12,17-19,22,36H,13-16,20,31H2,1H3,(H,32,35);2-12,16-19,22H,13-15,20,31H2,1H3,(H,32,35);2-6,9-14,17,19,27,32H,7-8,15-16,30H2,1H3,(H,33,36);2-7,10-14,18,24,29H,8-9,15-16,27H2,1H3,(H,30,33). The number of nitrogens with zero attached hydrogens (tertiary/aromatic N) is 10. The number of aliphatic hydroxyl groups is 1. The summed E-state index contributed by atoms with van der Waals surface area (Å²) in [4.78, 5) is 62.1. The lowest BCUT2D eigenvalue weighted by Gasteiger charge is -2.30. The molecule has 3 atom stereocenters. The third-order valence-corrected chi connectivity index (χ3v) is 26.4. The minimum Gasteiger partial charge on any atom is -0.380 e. The van der Waals surface area contributed by atoms with Gasteiger partial charge in [-0.15, -0.1) is 11.3 Å². The molecular formula is C114H119FN20O5S. The van der Waals surface area contributed by atoms with Crippen molar-refractivity contribution in [2.45, 2.75) is 142 Å². The average molecular weight is 1900 g/mol. The maximum absolute atomic E-state index is 14.9. The van der Waals surface area contributed by atoms with Gasteiger partial charge in [0.1, 0.15) is 39.2 Å². The van der Waals surface area contributed by atoms with Gasteiger partial charge in [-0.3, -0.25) is 24.2 Å². The molecule has 20 rings (SSSR count). The number of amides is 4. The maximum Gasteiger partial charge on any atom is 0.274 e. The Morgan fingerprint density at radius 3 is 1.30 bits per heavy atom. The van der Waals surface area contributed by atoms with Crippen molar-refractivity contribution in [3.63, 3.8) is 0 Å². The monoisotopic (exact) mass is 1900 g/mol. The number of rotatable bonds is 35. The summed E-state index contributed by atoms with van der Waals surface area (Å²) < 4.78 is 21.4. The maximum atomic E-state index is 14.9. The Morgan fingerprint density at radius 2 is 0.837 bits per heavy atom. The Kier molecular flexibility index (Phi) is 31.7. The summed E-state index contributed by atoms with van der Waals surface area (Å²) in [6.45, 7) is 10.9. The van der Waals surface area contributed by atoms with Crippen LogP contribution in [0.5, 0.6) is 0 Å². The number of hydrogen-bond donors (Lipinski definition) is 11. The highest BCUT2D eigenvalue weighted by atomic mass is 32.1. The third kappa shape index (κ3) is 25.6. The molecule has 25 nitrogen and oxygen atoms in total. The first-order valence-corrected chi connectivity index (χ1v) is 49.2. The van der Waals surface area contributed by atoms with E-state index in [-0.39, 0.29) is 35.5 Å². The molecule has 4 aliphatic rings. The van der Waals surface area contributed by atoms with E-state index in [0.29, 0.717) is 84.3 Å². The lowest BCUT2D eigenvalue weighted by molar-refractivity contribution is 0.0670. The quantitative estimate of drug-likeness (QED) is 0.0176. The van der Waals surface area contributed by atoms with E-state index in [2.05, 4.69) is 105 Å². The van der Waals surface area contributed by atoms with Crippen molar-refractivity contribution in [1.29, 1.82) is 0 Å². The Bertz CT molecular complexity index is 7040. The fourth-order valence-corrected chi connectivity index (χ4v) is 18.0. The molecule has 15 N–H and O–H groups in total. The van der Waals surface area contributed by atoms with Crippen LogP contribution in [0.2, 0.25) is 0 Å². The number of anilines is 4. The van der Waals surface area contributed by atoms with Gasteiger partial charge in [0.25, 0.3) is 23.6 Å². The molecule has 6 heterocycles. The molecule has 4 amide bonds. The number of aromatic nitrogens is 10. The first-order valence-electron chi connectivity index (χ1n) is 48.3. The SMILES string of the molecule is Cc1cc(C(=O)Nc2cc(C(NCC3CC3)c3cccnc3)ccc2F)n(-c2cccc(CN)c2)n1.Cc1cc(C(=O)Nc2cccc(C(=CCC3CC3)c3ccccc3)c2)n(-c2cccc(CN)c2)n1.Cc1cc(C(=O)Nc2cccc(C(NCC3CC3)c3nccs3)c2)n(-c2cccc(CN)c2)n1.Cc1cc(C(=O)Nc2cccc(C(O)(CCC3CC3)c3ccccc3)c2)n(-c2cccc(CN)c2)n1. The molecule has 0 spiro atoms. The summed E-state index contributed by atoms with van der Waals surface area (Å²) in [5.74, 6) is 1.28. The molecule has 4 saturated carbocycles. The van der Waals surface area contributed by atoms with Crippen molar-refractivity contribution in [2.24, 2.45) is 46.6 Å². The topological polar surface area (TPSA) is 362 Å². The molecule has 4 fully saturated rings. The van der Waals surface area contributed by atoms with Crippen molar-refractivity contribution in [1.82, 2.24) is 59.7 Å². The molecule has 16 aromatic rings. The van der Waals surface area contributed by atoms with Crippen LogP contribution in [0, 0.1) is 57.2 Å². The highest BCUT2D eigenvalue weighted by Crippen LogP contribution is 2.43. The van der Waals surface area contributed by atoms with Gasteiger partial charge in [0.05, 0.1) is 63.3 Å². The number of carbonyl (C=O) groups excluding carboxylic acids is 4. The van der Waals surface area contributed by atoms with E-state index in [1.165, 1.54) is 68.6 Å². The Labute approximate surface area is 825 Å². The lowest BCUT2D eigenvalue weighted by atomic mass is 9.82. The molecule has 6 aromatic heterocycles. The second-order valence-electron chi connectivity index (χ2n) is 36.8. The molecule has 0 saturated heterocycles. The van der Waals surface area contributed by atoms with E-state index in [1.807, 2.05) is 252 Å². The Morgan fingerprint density at radius 1 is 0.418 bits per heavy atom. The summed E-state index contributed by atoms with van der Waals surface area (Å²) in [5.41, 5.74) is 43.9. The number of hydrogen-bond acceptors (Lipinski definition) is 18. The number of halogens is 1. The zero-order chi connectivity index (χ0) is 97.9. The average Bonchev–Trinajstić information content (AvgIpc) is 1.49. The minimum atomic E-state index is -1.12. The van der Waals surface area contributed by atoms with E-state index in [4.69, 9.17) is 22.9 Å². The van der Waals surface area contributed by atoms with Gasteiger partial charge >= 0.3 is 0 Å². The van der Waals surface area contributed by atoms with Gasteiger partial charge in [0, 0.05) is 67.2 Å². The molecule has 4 aliphatic carbocycles. The Balaban J connectivity index is 0.000000130. The smallest absolute Gasteiger partial charge is 0.274 e. The van der Waals surface area contributed by atoms with Gasteiger partial charge in [0.2, 0.25) is 0 Å². The number of benzene rings is 10. The second kappa shape index (κ2) is 45.8. The van der Waals surface area contributed by atoms with Gasteiger partial charge in [-0.2, -0.15) is 20.4 Å². The number of nitrogens with one attached hydrogen (secondary N) is 6. The van der Waals surface area contributed by atoms with Crippen LogP contribution < -0.4 is 54.8 Å². The molecule has 10 aromatic carbocycles. The summed E-state index contributed by atoms with van der Waals surface area (Å²) >= 11 is 1.64. The van der Waals surface area contributed by atoms with Crippen LogP contribution in [-0.2, 0) is 31.8 Å². The van der Waals surface area contributed by atoms with Crippen LogP contribution in [0.3, 0.4) is 0 Å². The summed E-state index contributed by atoms with van der Waals surface area (Å²) in [5, 5.41) is 52.2. The fourth-order valence-electron chi connectivity index (χ4n) is 17.3. The molecule has 718 valence electrons. The second-order valence-corrected chi connectivity index (χ2v) is 37.7. The van der Waals surface area contributed by atoms with Crippen molar-refractivity contribution >= 4 is 63.3 Å². The zero-order valence-corrected chi connectivity index (χ0v) is 80.5. The molecule has 0 aliphatic heterocycles. The first-order chi connectivity index (χ1) is 68.7. The molecule has 27 heteroatoms. The summed E-state index contributed by atoms with van der Waals surface area (Å²) in [7, 11) is 0. The molecule has 0 radical (unpaired) electrons. The molecule has 141 heavy (non-hydrogen) atoms. The largest absolute Gasteiger partial charge is 0.380 e. The van der Waals surface area contributed by atoms with Crippen LogP contribution in [0.4, 0.5) is 27.1 Å². The normalized spacial score (nSPS) is 14.2. The number of pyridine rings is 1. The summed E-state index contributed by atoms with van der Waals surface area (Å²) in [6.07, 6.45) is 20.5. The predicted octanol–water partition coefficient (Wildman–Crippen LogP) is 20.4. The predicted molar refractivity (Wildman–Crippen MR) is 556 cm³/mol. The highest BCUT2D eigenvalue weighted by molar-refractivity contribution is 7.09. The molecule has 3 unspecified atom stereocenters. The van der Waals surface area contributed by atoms with E-state index >= 15 is 0 Å². The van der Waals surface area contributed by atoms with Gasteiger partial charge in [0.15, 0.2) is 0 Å². The summed E-state index contributed by atoms with van der Waals surface area (Å²) in [6, 6.07) is 90.2. The van der Waals surface area contributed by atoms with E-state index in [1.54, 1.807) is 72.7 Å². The third-order valence-electron chi connectivity index (χ3n) is 25.5. The lowest BCUT2D eigenvalue weighted by Crippen LogP contribution is -2.28. The van der Waals surface area contributed by atoms with Gasteiger partial charge in [-0.25, -0.2) is 28.1 Å². The van der Waals surface area contributed by atoms with E-state index in [0.717, 1.165) is 144 Å². The minimum absolute atomic E-state index is 0.00391. The van der Waals surface area contributed by atoms with Crippen LogP contribution in [0.15, 0.2) is 315 Å². The molecular weight excluding hydrogens is 1780 g/mol. The van der Waals surface area contributed by atoms with E-state index in [9.17, 15) is 28.7 Å². The van der Waals surface area contributed by atoms with Gasteiger partial charge in [-0.05, 0) is 316 Å². The first kappa shape index (κ1) is 97.7. The van der Waals surface area contributed by atoms with Crippen molar-refractivity contribution in [2.75, 3.05) is 34.4 Å². The van der Waals surface area contributed by atoms with Gasteiger partial charge in [-0.1, -0.05) is 177 Å². The van der Waals surface area contributed by atoms with Crippen molar-refractivity contribution in [3.8, 4) is 22.7 Å². The van der Waals surface area contributed by atoms with Gasteiger partial charge < -0.3 is 59.9 Å². The van der Waals surface area contributed by atoms with E-state index < -0.39 is 17.3 Å². The Hall–Kier alpha value is -14.9. The fraction of sp³-hybridized carbons (Fsp3) is 0.246. The van der Waals surface area contributed by atoms with Crippen molar-refractivity contribution < 1.29 is 28.7 Å². The van der Waals surface area contributed by atoms with Crippen LogP contribution in [0.1, 0.15) is 214 Å². The van der Waals surface area contributed by atoms with Crippen molar-refractivity contribution in [3.05, 3.63) is 433 Å². The van der Waals surface area contributed by atoms with Crippen LogP contribution >= 0.6 is 11.3 Å².